The van der Waals surface area contributed by atoms with E-state index in [1.807, 2.05) is 18.2 Å². The zero-order chi connectivity index (χ0) is 18.5. The van der Waals surface area contributed by atoms with Crippen LogP contribution in [0.1, 0.15) is 28.6 Å². The highest BCUT2D eigenvalue weighted by atomic mass is 32.1. The van der Waals surface area contributed by atoms with E-state index in [0.717, 1.165) is 22.2 Å². The number of fused-ring (bicyclic) bond motifs is 1. The van der Waals surface area contributed by atoms with Gasteiger partial charge in [0.15, 0.2) is 0 Å². The van der Waals surface area contributed by atoms with E-state index in [-0.39, 0.29) is 24.8 Å². The molecule has 6 heteroatoms. The van der Waals surface area contributed by atoms with Gasteiger partial charge in [-0.25, -0.2) is 0 Å². The van der Waals surface area contributed by atoms with Crippen molar-refractivity contribution in [1.82, 2.24) is 10.3 Å². The molecule has 0 spiro atoms. The lowest BCUT2D eigenvalue weighted by atomic mass is 9.99. The number of nitrogens with zero attached hydrogens (tertiary/aromatic N) is 1. The van der Waals surface area contributed by atoms with Crippen molar-refractivity contribution in [2.24, 2.45) is 0 Å². The van der Waals surface area contributed by atoms with Gasteiger partial charge in [-0.2, -0.15) is 0 Å². The van der Waals surface area contributed by atoms with Crippen LogP contribution in [-0.4, -0.2) is 30.5 Å². The van der Waals surface area contributed by atoms with Gasteiger partial charge >= 0.3 is 5.97 Å². The molecule has 0 aliphatic carbocycles. The Labute approximate surface area is 156 Å². The molecule has 0 radical (unpaired) electrons. The zero-order valence-electron chi connectivity index (χ0n) is 14.7. The second-order valence-electron chi connectivity index (χ2n) is 5.78. The lowest BCUT2D eigenvalue weighted by molar-refractivity contribution is -0.140. The molecule has 3 rings (SSSR count). The van der Waals surface area contributed by atoms with E-state index < -0.39 is 0 Å². The predicted octanol–water partition coefficient (Wildman–Crippen LogP) is 3.82. The highest BCUT2D eigenvalue weighted by Gasteiger charge is 2.15. The van der Waals surface area contributed by atoms with Gasteiger partial charge in [0.2, 0.25) is 0 Å². The number of esters is 1. The standard InChI is InChI=1S/C20H20N2O3S/c1-3-13-6-4-5-7-14(13)15-8-10-21-16-12-17(26-19(15)16)20(24)22-11-9-18(23)25-2/h4-8,10,12H,3,9,11H2,1-2H3,(H,22,24). The molecule has 3 aromatic rings. The van der Waals surface area contributed by atoms with Gasteiger partial charge in [-0.05, 0) is 29.7 Å². The minimum absolute atomic E-state index is 0.153. The molecule has 0 saturated heterocycles. The van der Waals surface area contributed by atoms with Crippen molar-refractivity contribution in [3.05, 3.63) is 53.0 Å². The molecule has 134 valence electrons. The normalized spacial score (nSPS) is 10.7. The molecule has 0 unspecified atom stereocenters. The van der Waals surface area contributed by atoms with Crippen LogP contribution in [0.4, 0.5) is 0 Å². The smallest absolute Gasteiger partial charge is 0.307 e. The summed E-state index contributed by atoms with van der Waals surface area (Å²) < 4.78 is 5.57. The van der Waals surface area contributed by atoms with Crippen LogP contribution >= 0.6 is 11.3 Å². The quantitative estimate of drug-likeness (QED) is 0.672. The van der Waals surface area contributed by atoms with Gasteiger partial charge in [0.1, 0.15) is 0 Å². The van der Waals surface area contributed by atoms with E-state index in [9.17, 15) is 9.59 Å². The molecule has 26 heavy (non-hydrogen) atoms. The molecule has 5 nitrogen and oxygen atoms in total. The topological polar surface area (TPSA) is 68.3 Å². The molecular formula is C20H20N2O3S. The van der Waals surface area contributed by atoms with Crippen LogP contribution in [0.25, 0.3) is 21.3 Å². The lowest BCUT2D eigenvalue weighted by Gasteiger charge is -2.08. The molecule has 0 aliphatic heterocycles. The maximum Gasteiger partial charge on any atom is 0.307 e. The number of benzene rings is 1. The van der Waals surface area contributed by atoms with Gasteiger partial charge in [-0.1, -0.05) is 31.2 Å². The molecule has 1 amide bonds. The van der Waals surface area contributed by atoms with E-state index >= 15 is 0 Å². The number of rotatable bonds is 6. The fourth-order valence-electron chi connectivity index (χ4n) is 2.82. The third-order valence-electron chi connectivity index (χ3n) is 4.17. The van der Waals surface area contributed by atoms with Gasteiger partial charge in [0, 0.05) is 18.3 Å². The third-order valence-corrected chi connectivity index (χ3v) is 5.32. The second-order valence-corrected chi connectivity index (χ2v) is 6.83. The Kier molecular flexibility index (Phi) is 5.63. The molecule has 1 aromatic carbocycles. The van der Waals surface area contributed by atoms with Gasteiger partial charge in [0.25, 0.3) is 5.91 Å². The Hall–Kier alpha value is -2.73. The molecule has 0 fully saturated rings. The van der Waals surface area contributed by atoms with Gasteiger partial charge in [0.05, 0.1) is 28.6 Å². The summed E-state index contributed by atoms with van der Waals surface area (Å²) in [7, 11) is 1.33. The number of methoxy groups -OCH3 is 1. The fourth-order valence-corrected chi connectivity index (χ4v) is 3.88. The number of amides is 1. The Morgan fingerprint density at radius 1 is 1.19 bits per heavy atom. The second kappa shape index (κ2) is 8.10. The minimum atomic E-state index is -0.346. The first-order valence-corrected chi connectivity index (χ1v) is 9.27. The van der Waals surface area contributed by atoms with Crippen molar-refractivity contribution in [2.75, 3.05) is 13.7 Å². The van der Waals surface area contributed by atoms with Crippen molar-refractivity contribution < 1.29 is 14.3 Å². The number of nitrogens with one attached hydrogen (secondary N) is 1. The number of thiophene rings is 1. The predicted molar refractivity (Wildman–Crippen MR) is 103 cm³/mol. The number of carbonyl (C=O) groups is 2. The van der Waals surface area contributed by atoms with Crippen molar-refractivity contribution in [1.29, 1.82) is 0 Å². The first-order valence-electron chi connectivity index (χ1n) is 8.46. The average molecular weight is 368 g/mol. The van der Waals surface area contributed by atoms with E-state index in [0.29, 0.717) is 4.88 Å². The van der Waals surface area contributed by atoms with Crippen LogP contribution in [0.2, 0.25) is 0 Å². The monoisotopic (exact) mass is 368 g/mol. The molecule has 0 bridgehead atoms. The zero-order valence-corrected chi connectivity index (χ0v) is 15.6. The fraction of sp³-hybridized carbons (Fsp3) is 0.250. The Morgan fingerprint density at radius 2 is 2.00 bits per heavy atom. The van der Waals surface area contributed by atoms with Gasteiger partial charge in [-0.3, -0.25) is 14.6 Å². The third kappa shape index (κ3) is 3.75. The van der Waals surface area contributed by atoms with Crippen LogP contribution < -0.4 is 5.32 Å². The van der Waals surface area contributed by atoms with Crippen LogP contribution in [0, 0.1) is 0 Å². The number of aryl methyl sites for hydroxylation is 1. The molecule has 2 heterocycles. The summed E-state index contributed by atoms with van der Waals surface area (Å²) in [5.74, 6) is -0.548. The first kappa shape index (κ1) is 18.1. The summed E-state index contributed by atoms with van der Waals surface area (Å²) in [6.07, 6.45) is 2.86. The number of ether oxygens (including phenoxy) is 1. The molecule has 0 atom stereocenters. The summed E-state index contributed by atoms with van der Waals surface area (Å²) in [6.45, 7) is 2.38. The van der Waals surface area contributed by atoms with Crippen LogP contribution in [0.3, 0.4) is 0 Å². The molecule has 0 saturated carbocycles. The van der Waals surface area contributed by atoms with Crippen molar-refractivity contribution in [3.8, 4) is 11.1 Å². The molecule has 0 aliphatic rings. The number of pyridine rings is 1. The molecule has 1 N–H and O–H groups in total. The van der Waals surface area contributed by atoms with E-state index in [1.165, 1.54) is 29.6 Å². The Balaban J connectivity index is 1.90. The average Bonchev–Trinajstić information content (AvgIpc) is 3.12. The number of carbonyl (C=O) groups excluding carboxylic acids is 2. The van der Waals surface area contributed by atoms with Crippen molar-refractivity contribution in [3.63, 3.8) is 0 Å². The number of hydrogen-bond donors (Lipinski definition) is 1. The number of hydrogen-bond acceptors (Lipinski definition) is 5. The summed E-state index contributed by atoms with van der Waals surface area (Å²) in [6, 6.07) is 12.1. The number of aromatic nitrogens is 1. The van der Waals surface area contributed by atoms with Crippen molar-refractivity contribution >= 4 is 33.4 Å². The summed E-state index contributed by atoms with van der Waals surface area (Å²) >= 11 is 1.42. The van der Waals surface area contributed by atoms with Crippen molar-refractivity contribution in [2.45, 2.75) is 19.8 Å². The maximum atomic E-state index is 12.4. The van der Waals surface area contributed by atoms with E-state index in [4.69, 9.17) is 0 Å². The highest BCUT2D eigenvalue weighted by Crippen LogP contribution is 2.35. The SMILES string of the molecule is CCc1ccccc1-c1ccnc2cc(C(=O)NCCC(=O)OC)sc12. The first-order chi connectivity index (χ1) is 12.6. The van der Waals surface area contributed by atoms with E-state index in [2.05, 4.69) is 34.1 Å². The summed E-state index contributed by atoms with van der Waals surface area (Å²) in [5, 5.41) is 2.75. The molecule has 2 aromatic heterocycles. The van der Waals surface area contributed by atoms with Gasteiger partial charge in [-0.15, -0.1) is 11.3 Å². The maximum absolute atomic E-state index is 12.4. The van der Waals surface area contributed by atoms with Crippen LogP contribution in [0.5, 0.6) is 0 Å². The highest BCUT2D eigenvalue weighted by molar-refractivity contribution is 7.21. The summed E-state index contributed by atoms with van der Waals surface area (Å²) in [5.41, 5.74) is 4.32. The molecular weight excluding hydrogens is 348 g/mol. The summed E-state index contributed by atoms with van der Waals surface area (Å²) in [4.78, 5) is 28.5. The van der Waals surface area contributed by atoms with E-state index in [1.54, 1.807) is 12.3 Å². The van der Waals surface area contributed by atoms with Crippen LogP contribution in [0.15, 0.2) is 42.6 Å². The van der Waals surface area contributed by atoms with Gasteiger partial charge < -0.3 is 10.1 Å². The minimum Gasteiger partial charge on any atom is -0.469 e. The van der Waals surface area contributed by atoms with Crippen LogP contribution in [-0.2, 0) is 16.0 Å². The Bertz CT molecular complexity index is 949. The Morgan fingerprint density at radius 3 is 2.77 bits per heavy atom. The lowest BCUT2D eigenvalue weighted by Crippen LogP contribution is -2.25. The largest absolute Gasteiger partial charge is 0.469 e.